The van der Waals surface area contributed by atoms with Crippen LogP contribution in [0.1, 0.15) is 35.6 Å². The third-order valence-electron chi connectivity index (χ3n) is 5.98. The van der Waals surface area contributed by atoms with Gasteiger partial charge < -0.3 is 5.11 Å². The van der Waals surface area contributed by atoms with Crippen molar-refractivity contribution < 1.29 is 5.11 Å². The highest BCUT2D eigenvalue weighted by Crippen LogP contribution is 2.12. The van der Waals surface area contributed by atoms with Crippen molar-refractivity contribution in [3.63, 3.8) is 0 Å². The molecule has 4 aromatic rings. The summed E-state index contributed by atoms with van der Waals surface area (Å²) in [6.07, 6.45) is 7.71. The quantitative estimate of drug-likeness (QED) is 0.273. The van der Waals surface area contributed by atoms with E-state index in [2.05, 4.69) is 29.7 Å². The predicted molar refractivity (Wildman–Crippen MR) is 138 cm³/mol. The molecule has 4 rings (SSSR count). The van der Waals surface area contributed by atoms with Crippen LogP contribution in [0.4, 0.5) is 0 Å². The molecule has 7 nitrogen and oxygen atoms in total. The minimum absolute atomic E-state index is 0.570. The standard InChI is InChI=1S/C29H33N6O/c36-29(13-19-34(21-25-9-1-5-15-30-25)22-26-10-2-6-16-31-26)14-20-35(23-27-11-3-7-17-32-27)24-28-12-4-8-18-33-28/h1-12,15-18,29H,13-14,19-24H2/q-1. The molecule has 0 aliphatic heterocycles. The molecule has 0 aliphatic rings. The molecule has 0 amide bonds. The van der Waals surface area contributed by atoms with Gasteiger partial charge in [-0.1, -0.05) is 37.1 Å². The average molecular weight is 482 g/mol. The zero-order chi connectivity index (χ0) is 24.8. The van der Waals surface area contributed by atoms with Crippen LogP contribution in [0.25, 0.3) is 0 Å². The SMILES string of the molecule is [O-]C(CCN(Cc1ccccn1)Cc1ccccn1)CCN(Cc1ccccn1)Cc1ccccn1. The Hall–Kier alpha value is -3.52. The van der Waals surface area contributed by atoms with Crippen molar-refractivity contribution in [1.82, 2.24) is 29.7 Å². The summed E-state index contributed by atoms with van der Waals surface area (Å²) in [6, 6.07) is 23.7. The minimum atomic E-state index is -0.657. The molecule has 4 aromatic heterocycles. The van der Waals surface area contributed by atoms with Crippen LogP contribution in [0.15, 0.2) is 97.6 Å². The lowest BCUT2D eigenvalue weighted by atomic mass is 10.1. The van der Waals surface area contributed by atoms with Gasteiger partial charge in [0.1, 0.15) is 0 Å². The molecule has 0 aliphatic carbocycles. The Morgan fingerprint density at radius 2 is 0.806 bits per heavy atom. The van der Waals surface area contributed by atoms with E-state index in [1.165, 1.54) is 0 Å². The first-order chi connectivity index (χ1) is 17.7. The van der Waals surface area contributed by atoms with Crippen LogP contribution in [0.2, 0.25) is 0 Å². The van der Waals surface area contributed by atoms with E-state index in [1.807, 2.05) is 97.6 Å². The molecular weight excluding hydrogens is 448 g/mol. The maximum absolute atomic E-state index is 13.0. The summed E-state index contributed by atoms with van der Waals surface area (Å²) in [7, 11) is 0. The van der Waals surface area contributed by atoms with Gasteiger partial charge >= 0.3 is 0 Å². The number of rotatable bonds is 14. The third-order valence-corrected chi connectivity index (χ3v) is 5.98. The van der Waals surface area contributed by atoms with Crippen molar-refractivity contribution in [3.05, 3.63) is 120 Å². The molecule has 0 saturated carbocycles. The van der Waals surface area contributed by atoms with Gasteiger partial charge in [-0.3, -0.25) is 29.7 Å². The Balaban J connectivity index is 1.33. The molecule has 0 N–H and O–H groups in total. The van der Waals surface area contributed by atoms with E-state index >= 15 is 0 Å². The van der Waals surface area contributed by atoms with Crippen LogP contribution < -0.4 is 5.11 Å². The third kappa shape index (κ3) is 8.92. The molecule has 186 valence electrons. The average Bonchev–Trinajstić information content (AvgIpc) is 2.93. The van der Waals surface area contributed by atoms with Gasteiger partial charge in [0.25, 0.3) is 0 Å². The highest BCUT2D eigenvalue weighted by atomic mass is 16.3. The van der Waals surface area contributed by atoms with Crippen LogP contribution in [-0.2, 0) is 26.2 Å². The van der Waals surface area contributed by atoms with Crippen LogP contribution in [0, 0.1) is 0 Å². The molecule has 0 bridgehead atoms. The molecule has 0 radical (unpaired) electrons. The van der Waals surface area contributed by atoms with E-state index < -0.39 is 6.10 Å². The van der Waals surface area contributed by atoms with Crippen molar-refractivity contribution >= 4 is 0 Å². The molecule has 36 heavy (non-hydrogen) atoms. The molecule has 4 heterocycles. The van der Waals surface area contributed by atoms with E-state index in [-0.39, 0.29) is 0 Å². The summed E-state index contributed by atoms with van der Waals surface area (Å²) in [5.74, 6) is 0. The number of nitrogens with zero attached hydrogens (tertiary/aromatic N) is 6. The van der Waals surface area contributed by atoms with Gasteiger partial charge in [0.05, 0.1) is 22.8 Å². The Bertz CT molecular complexity index is 942. The number of hydrogen-bond donors (Lipinski definition) is 0. The largest absolute Gasteiger partial charge is 0.852 e. The lowest BCUT2D eigenvalue weighted by Gasteiger charge is -2.30. The van der Waals surface area contributed by atoms with Crippen LogP contribution in [0.3, 0.4) is 0 Å². The molecule has 7 heteroatoms. The molecular formula is C29H33N6O-. The van der Waals surface area contributed by atoms with Crippen molar-refractivity contribution in [2.24, 2.45) is 0 Å². The van der Waals surface area contributed by atoms with Gasteiger partial charge in [0, 0.05) is 51.0 Å². The number of hydrogen-bond acceptors (Lipinski definition) is 7. The summed E-state index contributed by atoms with van der Waals surface area (Å²) >= 11 is 0. The maximum atomic E-state index is 13.0. The summed E-state index contributed by atoms with van der Waals surface area (Å²) in [6.45, 7) is 4.15. The van der Waals surface area contributed by atoms with Crippen LogP contribution in [-0.4, -0.2) is 48.9 Å². The van der Waals surface area contributed by atoms with Crippen molar-refractivity contribution in [1.29, 1.82) is 0 Å². The number of pyridine rings is 4. The lowest BCUT2D eigenvalue weighted by Crippen LogP contribution is -2.36. The number of aromatic nitrogens is 4. The smallest absolute Gasteiger partial charge is 0.0544 e. The van der Waals surface area contributed by atoms with Gasteiger partial charge in [0.15, 0.2) is 0 Å². The fourth-order valence-electron chi connectivity index (χ4n) is 4.11. The second-order valence-corrected chi connectivity index (χ2v) is 8.90. The Morgan fingerprint density at radius 3 is 1.06 bits per heavy atom. The van der Waals surface area contributed by atoms with Gasteiger partial charge in [-0.25, -0.2) is 0 Å². The van der Waals surface area contributed by atoms with E-state index in [0.29, 0.717) is 52.1 Å². The zero-order valence-electron chi connectivity index (χ0n) is 20.6. The van der Waals surface area contributed by atoms with E-state index in [1.54, 1.807) is 0 Å². The highest BCUT2D eigenvalue weighted by molar-refractivity contribution is 5.07. The normalized spacial score (nSPS) is 11.4. The topological polar surface area (TPSA) is 81.1 Å². The zero-order valence-corrected chi connectivity index (χ0v) is 20.6. The van der Waals surface area contributed by atoms with E-state index in [4.69, 9.17) is 0 Å². The molecule has 0 spiro atoms. The Morgan fingerprint density at radius 1 is 0.500 bits per heavy atom. The Kier molecular flexibility index (Phi) is 10.0. The van der Waals surface area contributed by atoms with E-state index in [9.17, 15) is 5.11 Å². The van der Waals surface area contributed by atoms with Crippen LogP contribution >= 0.6 is 0 Å². The molecule has 0 saturated heterocycles. The maximum Gasteiger partial charge on any atom is 0.0544 e. The van der Waals surface area contributed by atoms with Crippen LogP contribution in [0.5, 0.6) is 0 Å². The lowest BCUT2D eigenvalue weighted by molar-refractivity contribution is -0.423. The monoisotopic (exact) mass is 481 g/mol. The highest BCUT2D eigenvalue weighted by Gasteiger charge is 2.12. The van der Waals surface area contributed by atoms with Crippen molar-refractivity contribution in [2.45, 2.75) is 45.1 Å². The van der Waals surface area contributed by atoms with Crippen molar-refractivity contribution in [2.75, 3.05) is 13.1 Å². The fraction of sp³-hybridized carbons (Fsp3) is 0.310. The van der Waals surface area contributed by atoms with Gasteiger partial charge in [-0.15, -0.1) is 6.10 Å². The van der Waals surface area contributed by atoms with Gasteiger partial charge in [0.2, 0.25) is 0 Å². The first kappa shape index (κ1) is 25.6. The molecule has 0 unspecified atom stereocenters. The fourth-order valence-corrected chi connectivity index (χ4v) is 4.11. The van der Waals surface area contributed by atoms with Crippen molar-refractivity contribution in [3.8, 4) is 0 Å². The first-order valence-electron chi connectivity index (χ1n) is 12.4. The van der Waals surface area contributed by atoms with E-state index in [0.717, 1.165) is 22.8 Å². The summed E-state index contributed by atoms with van der Waals surface area (Å²) in [5.41, 5.74) is 3.97. The molecule has 0 aromatic carbocycles. The van der Waals surface area contributed by atoms with Gasteiger partial charge in [-0.05, 0) is 61.6 Å². The second kappa shape index (κ2) is 14.1. The summed E-state index contributed by atoms with van der Waals surface area (Å²) in [5, 5.41) is 13.0. The predicted octanol–water partition coefficient (Wildman–Crippen LogP) is 3.48. The van der Waals surface area contributed by atoms with Gasteiger partial charge in [-0.2, -0.15) is 0 Å². The molecule has 0 fully saturated rings. The summed E-state index contributed by atoms with van der Waals surface area (Å²) < 4.78 is 0. The first-order valence-corrected chi connectivity index (χ1v) is 12.4. The minimum Gasteiger partial charge on any atom is -0.852 e. The molecule has 0 atom stereocenters. The Labute approximate surface area is 213 Å². The summed E-state index contributed by atoms with van der Waals surface area (Å²) in [4.78, 5) is 22.4. The second-order valence-electron chi connectivity index (χ2n) is 8.90.